The van der Waals surface area contributed by atoms with Crippen molar-refractivity contribution in [1.29, 1.82) is 0 Å². The van der Waals surface area contributed by atoms with E-state index in [0.29, 0.717) is 11.0 Å². The Kier molecular flexibility index (Phi) is 5.12. The topological polar surface area (TPSA) is 48.5 Å². The molecule has 0 unspecified atom stereocenters. The molecule has 0 saturated carbocycles. The summed E-state index contributed by atoms with van der Waals surface area (Å²) >= 11 is 0. The molecule has 0 bridgehead atoms. The van der Waals surface area contributed by atoms with E-state index in [2.05, 4.69) is 82.3 Å². The van der Waals surface area contributed by atoms with Gasteiger partial charge in [0.05, 0.1) is 41.3 Å². The normalized spacial score (nSPS) is 15.0. The molecule has 0 aliphatic rings. The van der Waals surface area contributed by atoms with Crippen molar-refractivity contribution in [1.82, 2.24) is 24.1 Å². The monoisotopic (exact) mass is 803 g/mol. The van der Waals surface area contributed by atoms with Gasteiger partial charge in [0.1, 0.15) is 0 Å². The third-order valence-electron chi connectivity index (χ3n) is 11.6. The number of benzene rings is 10. The van der Waals surface area contributed by atoms with Gasteiger partial charge in [-0.25, -0.2) is 4.98 Å². The lowest BCUT2D eigenvalue weighted by atomic mass is 9.89. The van der Waals surface area contributed by atoms with Gasteiger partial charge >= 0.3 is 0 Å². The number of hydrogen-bond donors (Lipinski definition) is 0. The molecule has 5 heteroatoms. The Labute approximate surface area is 376 Å². The highest BCUT2D eigenvalue weighted by Crippen LogP contribution is 2.47. The van der Waals surface area contributed by atoms with Crippen LogP contribution in [0.2, 0.25) is 0 Å². The van der Waals surface area contributed by atoms with Crippen LogP contribution in [-0.2, 0) is 0 Å². The van der Waals surface area contributed by atoms with Gasteiger partial charge in [0, 0.05) is 38.4 Å². The summed E-state index contributed by atoms with van der Waals surface area (Å²) in [5, 5.41) is 8.26. The Morgan fingerprint density at radius 3 is 1.61 bits per heavy atom. The van der Waals surface area contributed by atoms with Crippen molar-refractivity contribution in [2.75, 3.05) is 0 Å². The summed E-state index contributed by atoms with van der Waals surface area (Å²) in [6.07, 6.45) is 0. The van der Waals surface area contributed by atoms with Gasteiger partial charge in [-0.2, -0.15) is 9.97 Å². The summed E-state index contributed by atoms with van der Waals surface area (Å²) in [6.45, 7) is 0. The standard InChI is InChI=1S/C57H35N5/c1-4-15-36(16-5-1)37-29-31-39(32-30-37)56-58-55(38-17-6-2-7-18-38)59-57(60-56)62-48-26-11-10-21-43(48)47-35-40(33-34-49(47)62)42-22-12-23-44-45-24-13-27-50-53(45)54-46(52(42)44)25-14-28-51(54)61(50)41-19-8-3-9-20-41/h1-35H/i1D,2D,4D,5D,6D,7D,15D,16D,17D,18D,29D,30D,31D,32D. The second-order valence-corrected chi connectivity index (χ2v) is 14.9. The molecule has 0 N–H and O–H groups in total. The Hall–Kier alpha value is -8.41. The van der Waals surface area contributed by atoms with Crippen molar-refractivity contribution >= 4 is 65.2 Å². The van der Waals surface area contributed by atoms with E-state index < -0.39 is 118 Å². The molecule has 3 aromatic heterocycles. The minimum Gasteiger partial charge on any atom is -0.309 e. The van der Waals surface area contributed by atoms with E-state index in [0.717, 1.165) is 65.6 Å². The second kappa shape index (κ2) is 13.6. The van der Waals surface area contributed by atoms with Crippen molar-refractivity contribution in [3.63, 3.8) is 0 Å². The van der Waals surface area contributed by atoms with Crippen molar-refractivity contribution in [2.45, 2.75) is 0 Å². The van der Waals surface area contributed by atoms with E-state index in [1.54, 1.807) is 4.57 Å². The largest absolute Gasteiger partial charge is 0.309 e. The van der Waals surface area contributed by atoms with E-state index >= 15 is 0 Å². The zero-order valence-corrected chi connectivity index (χ0v) is 32.4. The number of para-hydroxylation sites is 2. The van der Waals surface area contributed by atoms with Crippen LogP contribution in [0.5, 0.6) is 0 Å². The number of fused-ring (bicyclic) bond motifs is 6. The molecule has 5 nitrogen and oxygen atoms in total. The molecule has 0 saturated heterocycles. The van der Waals surface area contributed by atoms with Crippen molar-refractivity contribution in [3.8, 4) is 56.7 Å². The van der Waals surface area contributed by atoms with E-state index in [1.807, 2.05) is 54.6 Å². The van der Waals surface area contributed by atoms with Crippen LogP contribution < -0.4 is 0 Å². The fraction of sp³-hybridized carbons (Fsp3) is 0. The SMILES string of the molecule is [2H]c1c([2H])c([2H])c(-c2nc(-c3c([2H])c([2H])c(-c4c([2H])c([2H])c([2H])c([2H])c4[2H])c([2H])c3[2H])nc(-n3c4ccccc4c4cc(-c5cccc6c7cccc8c7c7c(cccc7n8-c7ccccc7)c56)ccc43)n2)c([2H])c1[2H]. The van der Waals surface area contributed by atoms with Crippen LogP contribution in [0.1, 0.15) is 19.2 Å². The number of nitrogens with zero attached hydrogens (tertiary/aromatic N) is 5. The second-order valence-electron chi connectivity index (χ2n) is 14.9. The Morgan fingerprint density at radius 2 is 0.871 bits per heavy atom. The number of hydrogen-bond acceptors (Lipinski definition) is 3. The van der Waals surface area contributed by atoms with Crippen LogP contribution >= 0.6 is 0 Å². The Balaban J connectivity index is 1.06. The van der Waals surface area contributed by atoms with E-state index in [1.165, 1.54) is 5.39 Å². The molecule has 13 aromatic rings. The van der Waals surface area contributed by atoms with Crippen LogP contribution in [0.25, 0.3) is 122 Å². The molecule has 0 spiro atoms. The van der Waals surface area contributed by atoms with Crippen LogP contribution in [0.4, 0.5) is 0 Å². The molecule has 0 aliphatic carbocycles. The maximum Gasteiger partial charge on any atom is 0.238 e. The summed E-state index contributed by atoms with van der Waals surface area (Å²) in [6, 6.07) is 33.2. The van der Waals surface area contributed by atoms with Crippen LogP contribution in [0.3, 0.4) is 0 Å². The van der Waals surface area contributed by atoms with Gasteiger partial charge < -0.3 is 4.57 Å². The first-order valence-electron chi connectivity index (χ1n) is 26.9. The first kappa shape index (κ1) is 23.4. The van der Waals surface area contributed by atoms with Gasteiger partial charge in [-0.05, 0) is 86.3 Å². The van der Waals surface area contributed by atoms with Gasteiger partial charge in [0.25, 0.3) is 0 Å². The molecule has 13 rings (SSSR count). The lowest BCUT2D eigenvalue weighted by Gasteiger charge is -2.14. The van der Waals surface area contributed by atoms with Gasteiger partial charge in [-0.1, -0.05) is 170 Å². The molecule has 0 atom stereocenters. The van der Waals surface area contributed by atoms with Gasteiger partial charge in [-0.15, -0.1) is 0 Å². The number of aromatic nitrogens is 5. The Morgan fingerprint density at radius 1 is 0.339 bits per heavy atom. The quantitative estimate of drug-likeness (QED) is 0.157. The molecule has 288 valence electrons. The zero-order valence-electron chi connectivity index (χ0n) is 46.4. The summed E-state index contributed by atoms with van der Waals surface area (Å²) in [4.78, 5) is 14.2. The highest BCUT2D eigenvalue weighted by Gasteiger charge is 2.23. The van der Waals surface area contributed by atoms with Gasteiger partial charge in [0.2, 0.25) is 5.95 Å². The van der Waals surface area contributed by atoms with E-state index in [9.17, 15) is 5.48 Å². The van der Waals surface area contributed by atoms with Gasteiger partial charge in [0.15, 0.2) is 11.6 Å². The lowest BCUT2D eigenvalue weighted by Crippen LogP contribution is -2.06. The smallest absolute Gasteiger partial charge is 0.238 e. The van der Waals surface area contributed by atoms with Gasteiger partial charge in [-0.3, -0.25) is 4.57 Å². The maximum atomic E-state index is 9.32. The van der Waals surface area contributed by atoms with E-state index in [4.69, 9.17) is 23.7 Å². The molecular formula is C57H35N5. The highest BCUT2D eigenvalue weighted by molar-refractivity contribution is 6.36. The summed E-state index contributed by atoms with van der Waals surface area (Å²) < 4.78 is 126. The van der Waals surface area contributed by atoms with Crippen molar-refractivity contribution < 1.29 is 19.2 Å². The van der Waals surface area contributed by atoms with Crippen molar-refractivity contribution in [2.24, 2.45) is 0 Å². The summed E-state index contributed by atoms with van der Waals surface area (Å²) in [5.74, 6) is -1.03. The average molecular weight is 804 g/mol. The average Bonchev–Trinajstić information content (AvgIpc) is 4.19. The molecule has 3 heterocycles. The number of rotatable bonds is 6. The first-order valence-corrected chi connectivity index (χ1v) is 19.9. The molecule has 62 heavy (non-hydrogen) atoms. The maximum absolute atomic E-state index is 9.32. The third kappa shape index (κ3) is 5.18. The summed E-state index contributed by atoms with van der Waals surface area (Å²) in [5.41, 5.74) is 4.35. The van der Waals surface area contributed by atoms with Crippen LogP contribution in [-0.4, -0.2) is 24.1 Å². The third-order valence-corrected chi connectivity index (χ3v) is 11.6. The predicted molar refractivity (Wildman–Crippen MR) is 256 cm³/mol. The molecule has 10 aromatic carbocycles. The molecule has 0 amide bonds. The molecule has 0 fully saturated rings. The fourth-order valence-electron chi connectivity index (χ4n) is 9.03. The molecule has 0 radical (unpaired) electrons. The van der Waals surface area contributed by atoms with Crippen molar-refractivity contribution in [3.05, 3.63) is 212 Å². The molecule has 0 aliphatic heterocycles. The zero-order chi connectivity index (χ0) is 52.9. The van der Waals surface area contributed by atoms with E-state index in [-0.39, 0.29) is 5.95 Å². The summed E-state index contributed by atoms with van der Waals surface area (Å²) in [7, 11) is 0. The first-order chi connectivity index (χ1) is 36.6. The lowest BCUT2D eigenvalue weighted by molar-refractivity contribution is 0.953. The minimum absolute atomic E-state index is 0.148. The predicted octanol–water partition coefficient (Wildman–Crippen LogP) is 14.5. The fourth-order valence-corrected chi connectivity index (χ4v) is 9.03. The highest BCUT2D eigenvalue weighted by atomic mass is 15.2. The Bertz CT molecular complexity index is 4620. The molecular weight excluding hydrogens is 755 g/mol. The van der Waals surface area contributed by atoms with Crippen LogP contribution in [0, 0.1) is 0 Å². The minimum atomic E-state index is -0.758. The van der Waals surface area contributed by atoms with Crippen LogP contribution in [0.15, 0.2) is 212 Å².